The first-order valence-electron chi connectivity index (χ1n) is 8.38. The van der Waals surface area contributed by atoms with Gasteiger partial charge in [0, 0.05) is 18.2 Å². The molecule has 2 amide bonds. The lowest BCUT2D eigenvalue weighted by atomic mass is 10.0. The largest absolute Gasteiger partial charge is 0.442 e. The molecule has 0 aliphatic carbocycles. The molecule has 1 aliphatic heterocycles. The van der Waals surface area contributed by atoms with Gasteiger partial charge in [-0.1, -0.05) is 36.4 Å². The molecule has 1 saturated heterocycles. The number of amides is 2. The Balaban J connectivity index is 1.70. The van der Waals surface area contributed by atoms with Crippen molar-refractivity contribution in [2.45, 2.75) is 20.0 Å². The first kappa shape index (κ1) is 17.7. The van der Waals surface area contributed by atoms with Crippen molar-refractivity contribution in [3.63, 3.8) is 0 Å². The third kappa shape index (κ3) is 3.91. The summed E-state index contributed by atoms with van der Waals surface area (Å²) in [5.74, 6) is -0.118. The molecule has 1 N–H and O–H groups in total. The van der Waals surface area contributed by atoms with Crippen LogP contribution < -0.4 is 10.2 Å². The second-order valence-corrected chi connectivity index (χ2v) is 6.23. The predicted octanol–water partition coefficient (Wildman–Crippen LogP) is 3.02. The van der Waals surface area contributed by atoms with Crippen molar-refractivity contribution in [2.24, 2.45) is 0 Å². The Kier molecular flexibility index (Phi) is 5.02. The lowest BCUT2D eigenvalue weighted by Gasteiger charge is -2.14. The van der Waals surface area contributed by atoms with Crippen LogP contribution in [0, 0.1) is 0 Å². The number of benzene rings is 2. The van der Waals surface area contributed by atoms with E-state index in [1.165, 1.54) is 13.8 Å². The van der Waals surface area contributed by atoms with E-state index in [-0.39, 0.29) is 17.8 Å². The van der Waals surface area contributed by atoms with Crippen LogP contribution in [0.2, 0.25) is 0 Å². The minimum atomic E-state index is -0.418. The zero-order chi connectivity index (χ0) is 18.7. The van der Waals surface area contributed by atoms with Crippen molar-refractivity contribution < 1.29 is 19.1 Å². The average Bonchev–Trinajstić information content (AvgIpc) is 3.01. The van der Waals surface area contributed by atoms with E-state index in [1.54, 1.807) is 17.0 Å². The fourth-order valence-corrected chi connectivity index (χ4v) is 2.83. The van der Waals surface area contributed by atoms with Crippen LogP contribution in [0.5, 0.6) is 0 Å². The van der Waals surface area contributed by atoms with Crippen molar-refractivity contribution in [2.75, 3.05) is 18.0 Å². The summed E-state index contributed by atoms with van der Waals surface area (Å²) in [6.45, 7) is 3.66. The maximum absolute atomic E-state index is 12.0. The van der Waals surface area contributed by atoms with Gasteiger partial charge in [0.05, 0.1) is 13.1 Å². The van der Waals surface area contributed by atoms with Crippen LogP contribution in [0.15, 0.2) is 48.5 Å². The highest BCUT2D eigenvalue weighted by molar-refractivity contribution is 5.94. The first-order valence-corrected chi connectivity index (χ1v) is 8.38. The number of carbonyl (C=O) groups is 3. The van der Waals surface area contributed by atoms with Crippen molar-refractivity contribution in [1.82, 2.24) is 5.32 Å². The molecule has 134 valence electrons. The number of hydrogen-bond acceptors (Lipinski definition) is 4. The molecule has 0 saturated carbocycles. The van der Waals surface area contributed by atoms with E-state index in [0.717, 1.165) is 16.8 Å². The minimum Gasteiger partial charge on any atom is -0.442 e. The third-order valence-corrected chi connectivity index (χ3v) is 4.26. The van der Waals surface area contributed by atoms with Gasteiger partial charge >= 0.3 is 6.09 Å². The summed E-state index contributed by atoms with van der Waals surface area (Å²) < 4.78 is 5.27. The Morgan fingerprint density at radius 1 is 1.04 bits per heavy atom. The molecule has 1 aliphatic rings. The smallest absolute Gasteiger partial charge is 0.414 e. The second kappa shape index (κ2) is 7.39. The highest BCUT2D eigenvalue weighted by Gasteiger charge is 2.32. The molecule has 0 spiro atoms. The van der Waals surface area contributed by atoms with E-state index in [4.69, 9.17) is 4.74 Å². The van der Waals surface area contributed by atoms with Crippen LogP contribution in [-0.2, 0) is 9.53 Å². The number of rotatable bonds is 5. The van der Waals surface area contributed by atoms with Crippen LogP contribution in [0.25, 0.3) is 11.1 Å². The van der Waals surface area contributed by atoms with Gasteiger partial charge in [-0.15, -0.1) is 0 Å². The maximum Gasteiger partial charge on any atom is 0.414 e. The van der Waals surface area contributed by atoms with E-state index in [9.17, 15) is 14.4 Å². The molecule has 26 heavy (non-hydrogen) atoms. The zero-order valence-corrected chi connectivity index (χ0v) is 14.7. The minimum absolute atomic E-state index is 0.0354. The molecule has 1 fully saturated rings. The Labute approximate surface area is 151 Å². The molecule has 2 aromatic rings. The van der Waals surface area contributed by atoms with E-state index in [0.29, 0.717) is 18.7 Å². The summed E-state index contributed by atoms with van der Waals surface area (Å²) >= 11 is 0. The number of nitrogens with one attached hydrogen (secondary N) is 1. The van der Waals surface area contributed by atoms with Gasteiger partial charge in [-0.3, -0.25) is 14.5 Å². The second-order valence-electron chi connectivity index (χ2n) is 6.23. The number of ketones is 1. The van der Waals surface area contributed by atoms with Gasteiger partial charge in [0.2, 0.25) is 5.91 Å². The summed E-state index contributed by atoms with van der Waals surface area (Å²) in [7, 11) is 0. The van der Waals surface area contributed by atoms with Gasteiger partial charge in [0.1, 0.15) is 6.10 Å². The number of hydrogen-bond donors (Lipinski definition) is 1. The molecule has 0 radical (unpaired) electrons. The normalized spacial score (nSPS) is 16.3. The number of nitrogens with zero attached hydrogens (tertiary/aromatic N) is 1. The van der Waals surface area contributed by atoms with Gasteiger partial charge in [-0.2, -0.15) is 0 Å². The Morgan fingerprint density at radius 3 is 2.15 bits per heavy atom. The molecule has 6 heteroatoms. The van der Waals surface area contributed by atoms with E-state index < -0.39 is 6.09 Å². The van der Waals surface area contributed by atoms with Crippen LogP contribution in [0.3, 0.4) is 0 Å². The highest BCUT2D eigenvalue weighted by atomic mass is 16.6. The lowest BCUT2D eigenvalue weighted by Crippen LogP contribution is -2.33. The summed E-state index contributed by atoms with van der Waals surface area (Å²) in [5, 5.41) is 2.66. The molecule has 2 aromatic carbocycles. The summed E-state index contributed by atoms with van der Waals surface area (Å²) in [5.41, 5.74) is 3.40. The van der Waals surface area contributed by atoms with Gasteiger partial charge in [0.15, 0.2) is 5.78 Å². The molecule has 0 bridgehead atoms. The molecule has 1 atom stereocenters. The highest BCUT2D eigenvalue weighted by Crippen LogP contribution is 2.26. The Hall–Kier alpha value is -3.15. The number of ether oxygens (including phenoxy) is 1. The zero-order valence-electron chi connectivity index (χ0n) is 14.7. The fourth-order valence-electron chi connectivity index (χ4n) is 2.83. The number of anilines is 1. The third-order valence-electron chi connectivity index (χ3n) is 4.26. The topological polar surface area (TPSA) is 75.7 Å². The number of Topliss-reactive ketones (excluding diaryl/α,β-unsaturated/α-hetero) is 1. The van der Waals surface area contributed by atoms with Gasteiger partial charge in [0.25, 0.3) is 0 Å². The Bertz CT molecular complexity index is 828. The van der Waals surface area contributed by atoms with Crippen LogP contribution in [-0.4, -0.2) is 37.0 Å². The van der Waals surface area contributed by atoms with Gasteiger partial charge in [-0.25, -0.2) is 4.79 Å². The summed E-state index contributed by atoms with van der Waals surface area (Å²) in [4.78, 5) is 35.9. The number of cyclic esters (lactones) is 1. The van der Waals surface area contributed by atoms with Crippen molar-refractivity contribution in [3.8, 4) is 11.1 Å². The monoisotopic (exact) mass is 352 g/mol. The van der Waals surface area contributed by atoms with Crippen LogP contribution in [0.4, 0.5) is 10.5 Å². The van der Waals surface area contributed by atoms with E-state index in [1.807, 2.05) is 36.4 Å². The first-order chi connectivity index (χ1) is 12.4. The van der Waals surface area contributed by atoms with Gasteiger partial charge in [-0.05, 0) is 30.2 Å². The quantitative estimate of drug-likeness (QED) is 0.839. The Morgan fingerprint density at radius 2 is 1.62 bits per heavy atom. The average molecular weight is 352 g/mol. The van der Waals surface area contributed by atoms with Gasteiger partial charge < -0.3 is 10.1 Å². The predicted molar refractivity (Wildman–Crippen MR) is 98.2 cm³/mol. The lowest BCUT2D eigenvalue weighted by molar-refractivity contribution is -0.119. The molecule has 1 unspecified atom stereocenters. The number of carbonyl (C=O) groups excluding carboxylic acids is 3. The molecular formula is C20H20N2O4. The van der Waals surface area contributed by atoms with Crippen molar-refractivity contribution in [3.05, 3.63) is 54.1 Å². The van der Waals surface area contributed by atoms with Crippen molar-refractivity contribution in [1.29, 1.82) is 0 Å². The molecule has 3 rings (SSSR count). The van der Waals surface area contributed by atoms with Crippen LogP contribution >= 0.6 is 0 Å². The summed E-state index contributed by atoms with van der Waals surface area (Å²) in [6, 6.07) is 15.0. The van der Waals surface area contributed by atoms with Crippen molar-refractivity contribution >= 4 is 23.5 Å². The fraction of sp³-hybridized carbons (Fsp3) is 0.250. The maximum atomic E-state index is 12.0. The van der Waals surface area contributed by atoms with Crippen LogP contribution in [0.1, 0.15) is 24.2 Å². The molecule has 6 nitrogen and oxygen atoms in total. The van der Waals surface area contributed by atoms with E-state index in [2.05, 4.69) is 5.32 Å². The summed E-state index contributed by atoms with van der Waals surface area (Å²) in [6.07, 6.45) is -0.774. The molecule has 0 aromatic heterocycles. The standard InChI is InChI=1S/C20H20N2O4/c1-13(23)15-3-5-16(6-4-15)17-7-9-18(10-8-17)22-12-19(26-20(22)25)11-21-14(2)24/h3-10,19H,11-12H2,1-2H3,(H,21,24). The molecular weight excluding hydrogens is 332 g/mol. The SMILES string of the molecule is CC(=O)NCC1CN(c2ccc(-c3ccc(C(C)=O)cc3)cc2)C(=O)O1. The molecule has 1 heterocycles. The van der Waals surface area contributed by atoms with E-state index >= 15 is 0 Å².